The lowest BCUT2D eigenvalue weighted by Gasteiger charge is -2.51. The molecule has 0 aromatic heterocycles. The van der Waals surface area contributed by atoms with E-state index in [1.807, 2.05) is 17.0 Å². The first-order valence-electron chi connectivity index (χ1n) is 12.2. The van der Waals surface area contributed by atoms with Crippen molar-refractivity contribution < 1.29 is 23.8 Å². The number of para-hydroxylation sites is 1. The van der Waals surface area contributed by atoms with Gasteiger partial charge in [-0.05, 0) is 62.5 Å². The second kappa shape index (κ2) is 9.40. The maximum atomic E-state index is 13.3. The molecular formula is C25H34N2O5. The Morgan fingerprint density at radius 1 is 1.06 bits per heavy atom. The highest BCUT2D eigenvalue weighted by atomic mass is 16.5. The summed E-state index contributed by atoms with van der Waals surface area (Å²) in [7, 11) is 0. The lowest BCUT2D eigenvalue weighted by atomic mass is 9.80. The Hall–Kier alpha value is -2.12. The summed E-state index contributed by atoms with van der Waals surface area (Å²) in [6, 6.07) is 8.13. The van der Waals surface area contributed by atoms with Crippen LogP contribution >= 0.6 is 0 Å². The molecule has 5 aliphatic rings. The van der Waals surface area contributed by atoms with E-state index in [1.165, 1.54) is 5.56 Å². The van der Waals surface area contributed by atoms with Gasteiger partial charge in [-0.1, -0.05) is 18.2 Å². The second-order valence-corrected chi connectivity index (χ2v) is 9.70. The van der Waals surface area contributed by atoms with E-state index in [4.69, 9.17) is 14.2 Å². The van der Waals surface area contributed by atoms with E-state index in [0.29, 0.717) is 45.1 Å². The molecule has 2 amide bonds. The van der Waals surface area contributed by atoms with Crippen LogP contribution in [0, 0.1) is 0 Å². The highest BCUT2D eigenvalue weighted by Gasteiger charge is 2.49. The standard InChI is InChI=1S/C25H34N2O5/c28-23-16-30-17-25(26-23)12-4-13-27-22(25)15-32-19-10-8-18(9-11-19)20-5-1-2-6-21(20)31-14-3-7-24(27)29/h1-2,5-6,18-19,22H,3-4,7-17H2,(H,26,28)/t18-,19+,22-,25+/m0/s1. The molecule has 4 heterocycles. The van der Waals surface area contributed by atoms with Crippen LogP contribution < -0.4 is 10.1 Å². The average Bonchev–Trinajstić information content (AvgIpc) is 2.81. The van der Waals surface area contributed by atoms with Gasteiger partial charge in [0.15, 0.2) is 0 Å². The number of carbonyl (C=O) groups excluding carboxylic acids is 2. The lowest BCUT2D eigenvalue weighted by molar-refractivity contribution is -0.155. The van der Waals surface area contributed by atoms with Gasteiger partial charge in [-0.25, -0.2) is 0 Å². The van der Waals surface area contributed by atoms with Gasteiger partial charge in [0.25, 0.3) is 0 Å². The van der Waals surface area contributed by atoms with E-state index >= 15 is 0 Å². The van der Waals surface area contributed by atoms with Gasteiger partial charge in [0, 0.05) is 13.0 Å². The Kier molecular flexibility index (Phi) is 6.37. The zero-order valence-corrected chi connectivity index (χ0v) is 18.7. The summed E-state index contributed by atoms with van der Waals surface area (Å²) in [6.07, 6.45) is 7.07. The van der Waals surface area contributed by atoms with E-state index in [1.54, 1.807) is 0 Å². The summed E-state index contributed by atoms with van der Waals surface area (Å²) in [5.74, 6) is 1.44. The van der Waals surface area contributed by atoms with E-state index in [-0.39, 0.29) is 30.6 Å². The number of benzene rings is 1. The molecule has 0 radical (unpaired) electrons. The van der Waals surface area contributed by atoms with E-state index in [0.717, 1.165) is 44.3 Å². The fourth-order valence-electron chi connectivity index (χ4n) is 5.99. The first-order valence-corrected chi connectivity index (χ1v) is 12.2. The van der Waals surface area contributed by atoms with Gasteiger partial charge >= 0.3 is 0 Å². The number of hydrogen-bond acceptors (Lipinski definition) is 5. The monoisotopic (exact) mass is 442 g/mol. The molecular weight excluding hydrogens is 408 g/mol. The predicted molar refractivity (Wildman–Crippen MR) is 119 cm³/mol. The zero-order valence-electron chi connectivity index (χ0n) is 18.7. The Bertz CT molecular complexity index is 833. The minimum atomic E-state index is -0.554. The van der Waals surface area contributed by atoms with E-state index in [9.17, 15) is 9.59 Å². The third kappa shape index (κ3) is 4.37. The third-order valence-corrected chi connectivity index (χ3v) is 7.65. The van der Waals surface area contributed by atoms with Crippen LogP contribution in [-0.2, 0) is 19.1 Å². The van der Waals surface area contributed by atoms with Gasteiger partial charge in [0.2, 0.25) is 11.8 Å². The van der Waals surface area contributed by atoms with Gasteiger partial charge in [0.05, 0.1) is 37.5 Å². The Morgan fingerprint density at radius 3 is 2.75 bits per heavy atom. The molecule has 2 atom stereocenters. The number of ether oxygens (including phenoxy) is 3. The third-order valence-electron chi connectivity index (χ3n) is 7.65. The first-order chi connectivity index (χ1) is 15.6. The molecule has 0 unspecified atom stereocenters. The quantitative estimate of drug-likeness (QED) is 0.669. The maximum absolute atomic E-state index is 13.3. The highest BCUT2D eigenvalue weighted by Crippen LogP contribution is 2.39. The van der Waals surface area contributed by atoms with Crippen LogP contribution in [0.3, 0.4) is 0 Å². The van der Waals surface area contributed by atoms with E-state index < -0.39 is 5.54 Å². The number of amides is 2. The van der Waals surface area contributed by atoms with Crippen molar-refractivity contribution >= 4 is 11.8 Å². The maximum Gasteiger partial charge on any atom is 0.246 e. The second-order valence-electron chi connectivity index (χ2n) is 9.70. The van der Waals surface area contributed by atoms with Crippen molar-refractivity contribution in [2.24, 2.45) is 0 Å². The number of hydrogen-bond donors (Lipinski definition) is 1. The first kappa shape index (κ1) is 21.7. The fraction of sp³-hybridized carbons (Fsp3) is 0.680. The molecule has 1 aromatic carbocycles. The summed E-state index contributed by atoms with van der Waals surface area (Å²) >= 11 is 0. The number of nitrogens with one attached hydrogen (secondary N) is 1. The molecule has 4 aliphatic heterocycles. The molecule has 32 heavy (non-hydrogen) atoms. The van der Waals surface area contributed by atoms with Crippen molar-refractivity contribution in [1.82, 2.24) is 10.2 Å². The molecule has 1 aromatic rings. The van der Waals surface area contributed by atoms with Crippen LogP contribution in [0.15, 0.2) is 24.3 Å². The minimum Gasteiger partial charge on any atom is -0.493 e. The molecule has 7 heteroatoms. The molecule has 174 valence electrons. The number of fused-ring (bicyclic) bond motifs is 7. The molecule has 7 nitrogen and oxygen atoms in total. The lowest BCUT2D eigenvalue weighted by Crippen LogP contribution is -2.72. The average molecular weight is 443 g/mol. The van der Waals surface area contributed by atoms with Crippen LogP contribution in [0.5, 0.6) is 5.75 Å². The summed E-state index contributed by atoms with van der Waals surface area (Å²) in [6.45, 7) is 2.18. The molecule has 1 N–H and O–H groups in total. The number of morpholine rings is 1. The van der Waals surface area contributed by atoms with Gasteiger partial charge in [0.1, 0.15) is 12.4 Å². The van der Waals surface area contributed by atoms with Crippen LogP contribution in [-0.4, -0.2) is 67.4 Å². The van der Waals surface area contributed by atoms with Gasteiger partial charge in [-0.15, -0.1) is 0 Å². The summed E-state index contributed by atoms with van der Waals surface area (Å²) in [5.41, 5.74) is 0.729. The smallest absolute Gasteiger partial charge is 0.246 e. The van der Waals surface area contributed by atoms with Crippen LogP contribution in [0.2, 0.25) is 0 Å². The molecule has 1 saturated carbocycles. The molecule has 1 aliphatic carbocycles. The molecule has 3 fully saturated rings. The van der Waals surface area contributed by atoms with Gasteiger partial charge in [-0.2, -0.15) is 0 Å². The number of carbonyl (C=O) groups is 2. The number of rotatable bonds is 0. The van der Waals surface area contributed by atoms with Gasteiger partial charge in [-0.3, -0.25) is 9.59 Å². The predicted octanol–water partition coefficient (Wildman–Crippen LogP) is 2.78. The molecule has 2 saturated heterocycles. The molecule has 2 bridgehead atoms. The van der Waals surface area contributed by atoms with Crippen molar-refractivity contribution in [2.75, 3.05) is 33.0 Å². The largest absolute Gasteiger partial charge is 0.493 e. The Balaban J connectivity index is 1.39. The van der Waals surface area contributed by atoms with Gasteiger partial charge < -0.3 is 24.4 Å². The minimum absolute atomic E-state index is 0.0885. The summed E-state index contributed by atoms with van der Waals surface area (Å²) < 4.78 is 18.2. The van der Waals surface area contributed by atoms with E-state index in [2.05, 4.69) is 17.4 Å². The number of nitrogens with zero attached hydrogens (tertiary/aromatic N) is 1. The fourth-order valence-corrected chi connectivity index (χ4v) is 5.99. The van der Waals surface area contributed by atoms with Crippen LogP contribution in [0.4, 0.5) is 0 Å². The zero-order chi connectivity index (χ0) is 22.0. The molecule has 6 rings (SSSR count). The summed E-state index contributed by atoms with van der Waals surface area (Å²) in [5, 5.41) is 3.19. The number of piperidine rings is 1. The van der Waals surface area contributed by atoms with Crippen molar-refractivity contribution in [3.63, 3.8) is 0 Å². The highest BCUT2D eigenvalue weighted by molar-refractivity contribution is 5.80. The Labute approximate surface area is 189 Å². The van der Waals surface area contributed by atoms with Crippen molar-refractivity contribution in [3.05, 3.63) is 29.8 Å². The molecule has 1 spiro atoms. The Morgan fingerprint density at radius 2 is 1.91 bits per heavy atom. The summed E-state index contributed by atoms with van der Waals surface area (Å²) in [4.78, 5) is 27.4. The topological polar surface area (TPSA) is 77.1 Å². The van der Waals surface area contributed by atoms with Crippen LogP contribution in [0.25, 0.3) is 0 Å². The van der Waals surface area contributed by atoms with Crippen LogP contribution in [0.1, 0.15) is 62.8 Å². The normalized spacial score (nSPS) is 34.0. The van der Waals surface area contributed by atoms with Crippen molar-refractivity contribution in [3.8, 4) is 5.75 Å². The van der Waals surface area contributed by atoms with Crippen molar-refractivity contribution in [1.29, 1.82) is 0 Å². The van der Waals surface area contributed by atoms with Crippen molar-refractivity contribution in [2.45, 2.75) is 75.0 Å². The SMILES string of the molecule is O=C1COC[C@@]2(CCCN3C(=O)CCCOc4ccccc4[C@H]4CC[C@H](CC4)OC[C@H]32)N1.